The molecule has 0 aromatic heterocycles. The Balaban J connectivity index is 1.54. The molecule has 7 heteroatoms. The summed E-state index contributed by atoms with van der Waals surface area (Å²) in [7, 11) is 3.54. The van der Waals surface area contributed by atoms with Gasteiger partial charge in [0, 0.05) is 51.0 Å². The fourth-order valence-corrected chi connectivity index (χ4v) is 4.50. The molecule has 2 aliphatic heterocycles. The summed E-state index contributed by atoms with van der Waals surface area (Å²) in [4.78, 5) is 21.8. The first-order chi connectivity index (χ1) is 13.6. The highest BCUT2D eigenvalue weighted by atomic mass is 32.2. The van der Waals surface area contributed by atoms with Gasteiger partial charge in [0.1, 0.15) is 6.54 Å². The summed E-state index contributed by atoms with van der Waals surface area (Å²) in [6, 6.07) is 10.6. The van der Waals surface area contributed by atoms with Crippen LogP contribution in [0.1, 0.15) is 19.3 Å². The van der Waals surface area contributed by atoms with Crippen LogP contribution < -0.4 is 5.32 Å². The summed E-state index contributed by atoms with van der Waals surface area (Å²) < 4.78 is 5.72. The first-order valence-corrected chi connectivity index (χ1v) is 11.1. The van der Waals surface area contributed by atoms with Crippen LogP contribution in [-0.2, 0) is 9.53 Å². The number of carbonyl (C=O) groups excluding carboxylic acids is 1. The lowest BCUT2D eigenvalue weighted by Crippen LogP contribution is -2.44. The quantitative estimate of drug-likeness (QED) is 0.429. The highest BCUT2D eigenvalue weighted by Crippen LogP contribution is 2.26. The predicted octanol–water partition coefficient (Wildman–Crippen LogP) is 2.31. The number of carbonyl (C=O) groups is 1. The van der Waals surface area contributed by atoms with Gasteiger partial charge in [0.2, 0.25) is 5.91 Å². The Labute approximate surface area is 172 Å². The molecule has 2 atom stereocenters. The third-order valence-corrected chi connectivity index (χ3v) is 6.43. The van der Waals surface area contributed by atoms with Gasteiger partial charge in [0.05, 0.1) is 6.10 Å². The van der Waals surface area contributed by atoms with Crippen molar-refractivity contribution in [3.63, 3.8) is 0 Å². The van der Waals surface area contributed by atoms with Crippen LogP contribution >= 0.6 is 11.8 Å². The molecule has 0 spiro atoms. The second kappa shape index (κ2) is 10.7. The summed E-state index contributed by atoms with van der Waals surface area (Å²) in [6.07, 6.45) is 3.62. The minimum Gasteiger partial charge on any atom is -0.376 e. The first-order valence-electron chi connectivity index (χ1n) is 10.1. The SMILES string of the molecule is CN(C)C(=O)CN=C(NCC1CCCO1)N1CCC(CSc2ccccc2)C1. The second-order valence-corrected chi connectivity index (χ2v) is 8.76. The van der Waals surface area contributed by atoms with E-state index in [0.29, 0.717) is 5.92 Å². The Morgan fingerprint density at radius 2 is 2.14 bits per heavy atom. The fourth-order valence-electron chi connectivity index (χ4n) is 3.45. The Bertz CT molecular complexity index is 647. The molecule has 0 bridgehead atoms. The number of hydrogen-bond donors (Lipinski definition) is 1. The van der Waals surface area contributed by atoms with Crippen LogP contribution in [-0.4, -0.2) is 80.4 Å². The molecule has 1 aromatic rings. The van der Waals surface area contributed by atoms with Crippen molar-refractivity contribution in [2.24, 2.45) is 10.9 Å². The highest BCUT2D eigenvalue weighted by Gasteiger charge is 2.26. The number of likely N-dealkylation sites (N-methyl/N-ethyl adjacent to an activating group) is 1. The molecule has 1 aromatic carbocycles. The van der Waals surface area contributed by atoms with Crippen molar-refractivity contribution in [2.75, 3.05) is 52.6 Å². The topological polar surface area (TPSA) is 57.2 Å². The minimum absolute atomic E-state index is 0.0202. The van der Waals surface area contributed by atoms with E-state index in [2.05, 4.69) is 45.5 Å². The van der Waals surface area contributed by atoms with E-state index in [-0.39, 0.29) is 18.6 Å². The van der Waals surface area contributed by atoms with Gasteiger partial charge in [0.25, 0.3) is 0 Å². The van der Waals surface area contributed by atoms with Gasteiger partial charge in [0.15, 0.2) is 5.96 Å². The van der Waals surface area contributed by atoms with Crippen LogP contribution in [0.4, 0.5) is 0 Å². The van der Waals surface area contributed by atoms with E-state index in [1.807, 2.05) is 11.8 Å². The van der Waals surface area contributed by atoms with Crippen molar-refractivity contribution < 1.29 is 9.53 Å². The number of rotatable bonds is 7. The van der Waals surface area contributed by atoms with Crippen LogP contribution in [0.5, 0.6) is 0 Å². The van der Waals surface area contributed by atoms with Gasteiger partial charge in [-0.2, -0.15) is 0 Å². The molecule has 2 unspecified atom stereocenters. The number of thioether (sulfide) groups is 1. The lowest BCUT2D eigenvalue weighted by atomic mass is 10.2. The van der Waals surface area contributed by atoms with E-state index in [4.69, 9.17) is 4.74 Å². The lowest BCUT2D eigenvalue weighted by molar-refractivity contribution is -0.127. The average Bonchev–Trinajstić information content (AvgIpc) is 3.39. The smallest absolute Gasteiger partial charge is 0.243 e. The van der Waals surface area contributed by atoms with E-state index in [1.165, 1.54) is 4.90 Å². The third-order valence-electron chi connectivity index (χ3n) is 5.19. The molecule has 2 saturated heterocycles. The largest absolute Gasteiger partial charge is 0.376 e. The lowest BCUT2D eigenvalue weighted by Gasteiger charge is -2.23. The molecule has 0 aliphatic carbocycles. The number of benzene rings is 1. The fraction of sp³-hybridized carbons (Fsp3) is 0.619. The summed E-state index contributed by atoms with van der Waals surface area (Å²) in [6.45, 7) is 3.75. The minimum atomic E-state index is 0.0202. The van der Waals surface area contributed by atoms with Gasteiger partial charge in [-0.05, 0) is 37.3 Å². The third kappa shape index (κ3) is 6.41. The molecular weight excluding hydrogens is 372 g/mol. The van der Waals surface area contributed by atoms with E-state index in [9.17, 15) is 4.79 Å². The van der Waals surface area contributed by atoms with E-state index in [1.54, 1.807) is 19.0 Å². The monoisotopic (exact) mass is 404 g/mol. The van der Waals surface area contributed by atoms with Crippen molar-refractivity contribution in [3.05, 3.63) is 30.3 Å². The zero-order chi connectivity index (χ0) is 19.8. The Morgan fingerprint density at radius 1 is 1.32 bits per heavy atom. The van der Waals surface area contributed by atoms with Crippen molar-refractivity contribution in [1.82, 2.24) is 15.1 Å². The second-order valence-electron chi connectivity index (χ2n) is 7.67. The molecule has 1 amide bonds. The Kier molecular flexibility index (Phi) is 8.03. The van der Waals surface area contributed by atoms with Gasteiger partial charge in [-0.25, -0.2) is 4.99 Å². The Morgan fingerprint density at radius 3 is 2.86 bits per heavy atom. The maximum Gasteiger partial charge on any atom is 0.243 e. The Hall–Kier alpha value is -1.73. The molecule has 2 aliphatic rings. The standard InChI is InChI=1S/C21H32N4O2S/c1-24(2)20(26)14-23-21(22-13-18-7-6-12-27-18)25-11-10-17(15-25)16-28-19-8-4-3-5-9-19/h3-5,8-9,17-18H,6-7,10-16H2,1-2H3,(H,22,23). The zero-order valence-corrected chi connectivity index (χ0v) is 17.8. The average molecular weight is 405 g/mol. The molecular formula is C21H32N4O2S. The number of amides is 1. The summed E-state index contributed by atoms with van der Waals surface area (Å²) >= 11 is 1.92. The number of aliphatic imine (C=N–C) groups is 1. The molecule has 28 heavy (non-hydrogen) atoms. The van der Waals surface area contributed by atoms with Crippen LogP contribution in [0, 0.1) is 5.92 Å². The van der Waals surface area contributed by atoms with Crippen molar-refractivity contribution in [2.45, 2.75) is 30.3 Å². The zero-order valence-electron chi connectivity index (χ0n) is 17.0. The van der Waals surface area contributed by atoms with E-state index in [0.717, 1.165) is 57.2 Å². The molecule has 2 fully saturated rings. The summed E-state index contributed by atoms with van der Waals surface area (Å²) in [5.74, 6) is 2.60. The normalized spacial score (nSPS) is 22.5. The molecule has 1 N–H and O–H groups in total. The van der Waals surface area contributed by atoms with Gasteiger partial charge >= 0.3 is 0 Å². The van der Waals surface area contributed by atoms with Crippen LogP contribution in [0.15, 0.2) is 40.2 Å². The first kappa shape index (κ1) is 21.0. The predicted molar refractivity (Wildman–Crippen MR) is 115 cm³/mol. The number of hydrogen-bond acceptors (Lipinski definition) is 4. The van der Waals surface area contributed by atoms with Gasteiger partial charge in [-0.1, -0.05) is 18.2 Å². The van der Waals surface area contributed by atoms with Crippen LogP contribution in [0.3, 0.4) is 0 Å². The maximum absolute atomic E-state index is 12.0. The highest BCUT2D eigenvalue weighted by molar-refractivity contribution is 7.99. The molecule has 3 rings (SSSR count). The number of nitrogens with zero attached hydrogens (tertiary/aromatic N) is 3. The van der Waals surface area contributed by atoms with Crippen molar-refractivity contribution >= 4 is 23.6 Å². The number of guanidine groups is 1. The van der Waals surface area contributed by atoms with Crippen LogP contribution in [0.25, 0.3) is 0 Å². The number of nitrogens with one attached hydrogen (secondary N) is 1. The van der Waals surface area contributed by atoms with E-state index >= 15 is 0 Å². The van der Waals surface area contributed by atoms with Crippen LogP contribution in [0.2, 0.25) is 0 Å². The van der Waals surface area contributed by atoms with Gasteiger partial charge < -0.3 is 19.9 Å². The van der Waals surface area contributed by atoms with E-state index < -0.39 is 0 Å². The van der Waals surface area contributed by atoms with Crippen molar-refractivity contribution in [3.8, 4) is 0 Å². The molecule has 0 saturated carbocycles. The number of ether oxygens (including phenoxy) is 1. The molecule has 2 heterocycles. The van der Waals surface area contributed by atoms with Gasteiger partial charge in [-0.3, -0.25) is 4.79 Å². The summed E-state index contributed by atoms with van der Waals surface area (Å²) in [5.41, 5.74) is 0. The van der Waals surface area contributed by atoms with Gasteiger partial charge in [-0.15, -0.1) is 11.8 Å². The molecule has 154 valence electrons. The summed E-state index contributed by atoms with van der Waals surface area (Å²) in [5, 5.41) is 3.47. The molecule has 6 nitrogen and oxygen atoms in total. The van der Waals surface area contributed by atoms with Crippen molar-refractivity contribution in [1.29, 1.82) is 0 Å². The number of likely N-dealkylation sites (tertiary alicyclic amines) is 1. The molecule has 0 radical (unpaired) electrons. The maximum atomic E-state index is 12.0.